The van der Waals surface area contributed by atoms with Gasteiger partial charge in [0.25, 0.3) is 0 Å². The Morgan fingerprint density at radius 2 is 1.94 bits per heavy atom. The van der Waals surface area contributed by atoms with E-state index < -0.39 is 0 Å². The Bertz CT molecular complexity index is 379. The van der Waals surface area contributed by atoms with Crippen molar-refractivity contribution in [2.45, 2.75) is 33.6 Å². The molecule has 5 heteroatoms. The summed E-state index contributed by atoms with van der Waals surface area (Å²) in [5.41, 5.74) is 1.14. The Labute approximate surface area is 109 Å². The van der Waals surface area contributed by atoms with Crippen LogP contribution in [0, 0.1) is 5.41 Å². The summed E-state index contributed by atoms with van der Waals surface area (Å²) in [5, 5.41) is 15.5. The molecule has 0 fully saturated rings. The van der Waals surface area contributed by atoms with Crippen molar-refractivity contribution in [3.63, 3.8) is 0 Å². The average molecular weight is 252 g/mol. The molecule has 0 aliphatic carbocycles. The van der Waals surface area contributed by atoms with Crippen molar-refractivity contribution in [3.8, 4) is 0 Å². The largest absolute Gasteiger partial charge is 0.396 e. The van der Waals surface area contributed by atoms with Crippen LogP contribution in [0.25, 0.3) is 0 Å². The molecule has 0 bridgehead atoms. The summed E-state index contributed by atoms with van der Waals surface area (Å²) in [6.45, 7) is 7.33. The van der Waals surface area contributed by atoms with E-state index in [1.165, 1.54) is 0 Å². The molecular formula is C13H24N4O. The Morgan fingerprint density at radius 1 is 1.28 bits per heavy atom. The maximum atomic E-state index is 9.02. The van der Waals surface area contributed by atoms with Gasteiger partial charge in [-0.3, -0.25) is 0 Å². The lowest BCUT2D eigenvalue weighted by Crippen LogP contribution is -2.25. The van der Waals surface area contributed by atoms with Crippen LogP contribution in [0.4, 0.5) is 11.6 Å². The first-order chi connectivity index (χ1) is 8.54. The molecule has 0 amide bonds. The molecule has 1 aromatic rings. The molecule has 1 aromatic heterocycles. The van der Waals surface area contributed by atoms with Crippen molar-refractivity contribution < 1.29 is 5.11 Å². The summed E-state index contributed by atoms with van der Waals surface area (Å²) in [5.74, 6) is 1.75. The molecule has 3 N–H and O–H groups in total. The van der Waals surface area contributed by atoms with Crippen LogP contribution in [0.2, 0.25) is 0 Å². The first-order valence-corrected chi connectivity index (χ1v) is 6.40. The average Bonchev–Trinajstić information content (AvgIpc) is 2.35. The minimum Gasteiger partial charge on any atom is -0.396 e. The maximum Gasteiger partial charge on any atom is 0.134 e. The predicted molar refractivity (Wildman–Crippen MR) is 74.9 cm³/mol. The number of anilines is 2. The molecule has 0 aliphatic heterocycles. The smallest absolute Gasteiger partial charge is 0.134 e. The van der Waals surface area contributed by atoms with Crippen molar-refractivity contribution in [1.29, 1.82) is 0 Å². The van der Waals surface area contributed by atoms with Crippen LogP contribution in [-0.2, 0) is 6.42 Å². The van der Waals surface area contributed by atoms with E-state index in [0.717, 1.165) is 36.6 Å². The van der Waals surface area contributed by atoms with E-state index in [-0.39, 0.29) is 12.0 Å². The number of rotatable bonds is 7. The monoisotopic (exact) mass is 252 g/mol. The number of hydrogen-bond acceptors (Lipinski definition) is 5. The Balaban J connectivity index is 2.78. The lowest BCUT2D eigenvalue weighted by molar-refractivity contribution is 0.220. The van der Waals surface area contributed by atoms with Gasteiger partial charge in [-0.2, -0.15) is 0 Å². The van der Waals surface area contributed by atoms with Crippen LogP contribution in [0.1, 0.15) is 32.8 Å². The van der Waals surface area contributed by atoms with Crippen LogP contribution in [0.3, 0.4) is 0 Å². The van der Waals surface area contributed by atoms with Gasteiger partial charge in [-0.1, -0.05) is 20.8 Å². The van der Waals surface area contributed by atoms with Gasteiger partial charge < -0.3 is 15.7 Å². The second-order valence-corrected chi connectivity index (χ2v) is 5.14. The van der Waals surface area contributed by atoms with Gasteiger partial charge in [0.15, 0.2) is 0 Å². The maximum absolute atomic E-state index is 9.02. The summed E-state index contributed by atoms with van der Waals surface area (Å²) < 4.78 is 0. The lowest BCUT2D eigenvalue weighted by Gasteiger charge is -2.25. The summed E-state index contributed by atoms with van der Waals surface area (Å²) in [7, 11) is 1.86. The van der Waals surface area contributed by atoms with E-state index in [9.17, 15) is 0 Å². The number of aromatic nitrogens is 2. The molecular weight excluding hydrogens is 228 g/mol. The third-order valence-electron chi connectivity index (χ3n) is 3.06. The molecule has 0 radical (unpaired) electrons. The standard InChI is InChI=1S/C13H24N4O/c1-5-10-11(14-4)16-9-17-12(10)15-8-13(2,3)6-7-18/h9,18H,5-8H2,1-4H3,(H2,14,15,16,17). The third kappa shape index (κ3) is 3.84. The second-order valence-electron chi connectivity index (χ2n) is 5.14. The normalized spacial score (nSPS) is 11.4. The fourth-order valence-electron chi connectivity index (χ4n) is 1.83. The molecule has 0 saturated carbocycles. The first-order valence-electron chi connectivity index (χ1n) is 6.40. The van der Waals surface area contributed by atoms with Crippen molar-refractivity contribution >= 4 is 11.6 Å². The lowest BCUT2D eigenvalue weighted by atomic mass is 9.90. The predicted octanol–water partition coefficient (Wildman–Crippen LogP) is 1.90. The Morgan fingerprint density at radius 3 is 2.50 bits per heavy atom. The van der Waals surface area contributed by atoms with Crippen molar-refractivity contribution in [2.24, 2.45) is 5.41 Å². The first kappa shape index (κ1) is 14.7. The summed E-state index contributed by atoms with van der Waals surface area (Å²) in [4.78, 5) is 8.50. The molecule has 1 heterocycles. The van der Waals surface area contributed by atoms with Crippen molar-refractivity contribution in [1.82, 2.24) is 9.97 Å². The minimum absolute atomic E-state index is 0.0461. The number of hydrogen-bond donors (Lipinski definition) is 3. The van der Waals surface area contributed by atoms with Crippen LogP contribution >= 0.6 is 0 Å². The van der Waals surface area contributed by atoms with Gasteiger partial charge in [-0.05, 0) is 18.3 Å². The molecule has 18 heavy (non-hydrogen) atoms. The Hall–Kier alpha value is -1.36. The van der Waals surface area contributed by atoms with Gasteiger partial charge in [0.2, 0.25) is 0 Å². The highest BCUT2D eigenvalue weighted by atomic mass is 16.3. The van der Waals surface area contributed by atoms with Gasteiger partial charge in [0.05, 0.1) is 0 Å². The molecule has 0 unspecified atom stereocenters. The summed E-state index contributed by atoms with van der Waals surface area (Å²) >= 11 is 0. The van der Waals surface area contributed by atoms with Crippen LogP contribution in [0.5, 0.6) is 0 Å². The molecule has 0 aromatic carbocycles. The zero-order valence-corrected chi connectivity index (χ0v) is 11.7. The molecule has 0 spiro atoms. The highest BCUT2D eigenvalue weighted by molar-refractivity contribution is 5.57. The van der Waals surface area contributed by atoms with E-state index >= 15 is 0 Å². The molecule has 0 saturated heterocycles. The SMILES string of the molecule is CCc1c(NC)ncnc1NCC(C)(C)CCO. The number of nitrogens with zero attached hydrogens (tertiary/aromatic N) is 2. The van der Waals surface area contributed by atoms with E-state index in [0.29, 0.717) is 0 Å². The van der Waals surface area contributed by atoms with Gasteiger partial charge in [0.1, 0.15) is 18.0 Å². The Kier molecular flexibility index (Phi) is 5.34. The van der Waals surface area contributed by atoms with E-state index in [1.807, 2.05) is 7.05 Å². The van der Waals surface area contributed by atoms with E-state index in [4.69, 9.17) is 5.11 Å². The van der Waals surface area contributed by atoms with Crippen LogP contribution in [0.15, 0.2) is 6.33 Å². The third-order valence-corrected chi connectivity index (χ3v) is 3.06. The zero-order valence-electron chi connectivity index (χ0n) is 11.7. The number of aliphatic hydroxyl groups is 1. The van der Waals surface area contributed by atoms with Crippen molar-refractivity contribution in [2.75, 3.05) is 30.8 Å². The molecule has 0 atom stereocenters. The van der Waals surface area contributed by atoms with Gasteiger partial charge >= 0.3 is 0 Å². The summed E-state index contributed by atoms with van der Waals surface area (Å²) in [6, 6.07) is 0. The van der Waals surface area contributed by atoms with E-state index in [1.54, 1.807) is 6.33 Å². The second kappa shape index (κ2) is 6.54. The topological polar surface area (TPSA) is 70.1 Å². The van der Waals surface area contributed by atoms with Crippen molar-refractivity contribution in [3.05, 3.63) is 11.9 Å². The van der Waals surface area contributed by atoms with Gasteiger partial charge in [-0.15, -0.1) is 0 Å². The fourth-order valence-corrected chi connectivity index (χ4v) is 1.83. The van der Waals surface area contributed by atoms with Gasteiger partial charge in [0, 0.05) is 25.8 Å². The molecule has 5 nitrogen and oxygen atoms in total. The minimum atomic E-state index is 0.0461. The molecule has 0 aliphatic rings. The zero-order chi connectivity index (χ0) is 13.6. The fraction of sp³-hybridized carbons (Fsp3) is 0.692. The highest BCUT2D eigenvalue weighted by Gasteiger charge is 2.18. The summed E-state index contributed by atoms with van der Waals surface area (Å²) in [6.07, 6.45) is 3.21. The highest BCUT2D eigenvalue weighted by Crippen LogP contribution is 2.24. The van der Waals surface area contributed by atoms with Crippen LogP contribution < -0.4 is 10.6 Å². The number of aliphatic hydroxyl groups excluding tert-OH is 1. The quantitative estimate of drug-likeness (QED) is 0.691. The molecule has 1 rings (SSSR count). The van der Waals surface area contributed by atoms with Crippen LogP contribution in [-0.4, -0.2) is 35.3 Å². The van der Waals surface area contributed by atoms with Gasteiger partial charge in [-0.25, -0.2) is 9.97 Å². The number of nitrogens with one attached hydrogen (secondary N) is 2. The molecule has 102 valence electrons. The van der Waals surface area contributed by atoms with E-state index in [2.05, 4.69) is 41.4 Å².